The maximum absolute atomic E-state index is 12.6. The van der Waals surface area contributed by atoms with Crippen LogP contribution in [0.5, 0.6) is 0 Å². The summed E-state index contributed by atoms with van der Waals surface area (Å²) in [6.45, 7) is 4.75. The van der Waals surface area contributed by atoms with E-state index < -0.39 is 0 Å². The molecule has 1 aliphatic rings. The van der Waals surface area contributed by atoms with Crippen molar-refractivity contribution in [2.75, 3.05) is 37.7 Å². The molecule has 2 aromatic rings. The van der Waals surface area contributed by atoms with Crippen molar-refractivity contribution < 1.29 is 9.90 Å². The van der Waals surface area contributed by atoms with Crippen molar-refractivity contribution in [2.45, 2.75) is 19.3 Å². The van der Waals surface area contributed by atoms with Crippen LogP contribution in [0.4, 0.5) is 5.82 Å². The molecule has 1 atom stereocenters. The van der Waals surface area contributed by atoms with Gasteiger partial charge >= 0.3 is 0 Å². The third-order valence-corrected chi connectivity index (χ3v) is 4.90. The third-order valence-electron chi connectivity index (χ3n) is 4.90. The number of hydrogen-bond acceptors (Lipinski definition) is 6. The highest BCUT2D eigenvalue weighted by atomic mass is 16.3. The molecule has 7 heteroatoms. The molecule has 1 N–H and O–H groups in total. The van der Waals surface area contributed by atoms with Crippen LogP contribution >= 0.6 is 0 Å². The lowest BCUT2D eigenvalue weighted by Crippen LogP contribution is -2.49. The van der Waals surface area contributed by atoms with Gasteiger partial charge in [0.05, 0.1) is 6.42 Å². The summed E-state index contributed by atoms with van der Waals surface area (Å²) in [4.78, 5) is 16.5. The lowest BCUT2D eigenvalue weighted by atomic mass is 10.00. The van der Waals surface area contributed by atoms with Crippen LogP contribution < -0.4 is 4.90 Å². The van der Waals surface area contributed by atoms with Crippen molar-refractivity contribution in [3.05, 3.63) is 53.2 Å². The minimum Gasteiger partial charge on any atom is -0.396 e. The first-order chi connectivity index (χ1) is 13.1. The van der Waals surface area contributed by atoms with E-state index in [2.05, 4.69) is 15.1 Å². The lowest BCUT2D eigenvalue weighted by Gasteiger charge is -2.35. The van der Waals surface area contributed by atoms with Gasteiger partial charge in [-0.3, -0.25) is 4.79 Å². The number of carbonyl (C=O) groups excluding carboxylic acids is 1. The molecule has 27 heavy (non-hydrogen) atoms. The van der Waals surface area contributed by atoms with E-state index in [4.69, 9.17) is 5.26 Å². The molecule has 0 spiro atoms. The van der Waals surface area contributed by atoms with Crippen LogP contribution in [0, 0.1) is 11.3 Å². The highest BCUT2D eigenvalue weighted by Gasteiger charge is 2.22. The highest BCUT2D eigenvalue weighted by molar-refractivity contribution is 5.79. The second-order valence-electron chi connectivity index (χ2n) is 6.76. The first-order valence-electron chi connectivity index (χ1n) is 9.07. The van der Waals surface area contributed by atoms with E-state index >= 15 is 0 Å². The summed E-state index contributed by atoms with van der Waals surface area (Å²) in [5.41, 5.74) is 2.35. The highest BCUT2D eigenvalue weighted by Crippen LogP contribution is 2.17. The predicted molar refractivity (Wildman–Crippen MR) is 101 cm³/mol. The molecule has 1 aliphatic heterocycles. The fraction of sp³-hybridized carbons (Fsp3) is 0.400. The van der Waals surface area contributed by atoms with Gasteiger partial charge in [0.2, 0.25) is 5.91 Å². The summed E-state index contributed by atoms with van der Waals surface area (Å²) in [5, 5.41) is 25.9. The minimum absolute atomic E-state index is 0.105. The number of amides is 1. The van der Waals surface area contributed by atoms with Gasteiger partial charge in [-0.25, -0.2) is 0 Å². The average Bonchev–Trinajstić information content (AvgIpc) is 2.74. The summed E-state index contributed by atoms with van der Waals surface area (Å²) < 4.78 is 0. The van der Waals surface area contributed by atoms with Gasteiger partial charge in [-0.15, -0.1) is 10.2 Å². The number of nitriles is 1. The Morgan fingerprint density at radius 1 is 1.15 bits per heavy atom. The number of anilines is 1. The van der Waals surface area contributed by atoms with E-state index in [1.807, 2.05) is 42.2 Å². The number of hydrogen-bond donors (Lipinski definition) is 1. The molecular weight excluding hydrogens is 342 g/mol. The Hall–Kier alpha value is -2.98. The van der Waals surface area contributed by atoms with Crippen molar-refractivity contribution in [3.8, 4) is 6.07 Å². The Morgan fingerprint density at radius 2 is 1.85 bits per heavy atom. The number of aromatic nitrogens is 2. The van der Waals surface area contributed by atoms with Crippen LogP contribution in [-0.2, 0) is 11.2 Å². The Labute approximate surface area is 158 Å². The number of rotatable bonds is 5. The monoisotopic (exact) mass is 365 g/mol. The summed E-state index contributed by atoms with van der Waals surface area (Å²) in [5.74, 6) is 0.950. The summed E-state index contributed by atoms with van der Waals surface area (Å²) in [6, 6.07) is 13.3. The molecule has 3 rings (SSSR count). The van der Waals surface area contributed by atoms with Crippen LogP contribution in [-0.4, -0.2) is 58.9 Å². The standard InChI is InChI=1S/C20H23N5O2/c1-15(14-26)17-4-2-16(3-5-17)12-20(27)25-10-8-24(9-11-25)19-7-6-18(13-21)22-23-19/h2-7,15,26H,8-12,14H2,1H3. The fourth-order valence-electron chi connectivity index (χ4n) is 3.09. The van der Waals surface area contributed by atoms with E-state index in [0.29, 0.717) is 38.3 Å². The van der Waals surface area contributed by atoms with Gasteiger partial charge in [-0.05, 0) is 23.3 Å². The van der Waals surface area contributed by atoms with Crippen LogP contribution in [0.3, 0.4) is 0 Å². The Kier molecular flexibility index (Phi) is 5.99. The molecule has 0 bridgehead atoms. The lowest BCUT2D eigenvalue weighted by molar-refractivity contribution is -0.130. The first-order valence-corrected chi connectivity index (χ1v) is 9.07. The van der Waals surface area contributed by atoms with Gasteiger partial charge in [0.15, 0.2) is 11.5 Å². The molecule has 0 saturated carbocycles. The molecule has 1 amide bonds. The van der Waals surface area contributed by atoms with Gasteiger partial charge in [0.1, 0.15) is 6.07 Å². The summed E-state index contributed by atoms with van der Waals surface area (Å²) in [7, 11) is 0. The van der Waals surface area contributed by atoms with E-state index in [-0.39, 0.29) is 18.4 Å². The van der Waals surface area contributed by atoms with E-state index in [9.17, 15) is 9.90 Å². The van der Waals surface area contributed by atoms with Crippen LogP contribution in [0.25, 0.3) is 0 Å². The Balaban J connectivity index is 1.53. The van der Waals surface area contributed by atoms with Gasteiger partial charge in [-0.2, -0.15) is 5.26 Å². The molecule has 1 fully saturated rings. The molecule has 2 heterocycles. The van der Waals surface area contributed by atoms with E-state index in [1.165, 1.54) is 0 Å². The topological polar surface area (TPSA) is 93.3 Å². The van der Waals surface area contributed by atoms with Crippen molar-refractivity contribution in [1.82, 2.24) is 15.1 Å². The molecule has 0 radical (unpaired) electrons. The van der Waals surface area contributed by atoms with Crippen molar-refractivity contribution in [1.29, 1.82) is 5.26 Å². The number of piperazine rings is 1. The van der Waals surface area contributed by atoms with Crippen molar-refractivity contribution in [2.24, 2.45) is 0 Å². The molecule has 140 valence electrons. The van der Waals surface area contributed by atoms with Crippen LogP contribution in [0.2, 0.25) is 0 Å². The van der Waals surface area contributed by atoms with Crippen LogP contribution in [0.1, 0.15) is 29.7 Å². The van der Waals surface area contributed by atoms with Gasteiger partial charge < -0.3 is 14.9 Å². The third kappa shape index (κ3) is 4.60. The van der Waals surface area contributed by atoms with Gasteiger partial charge in [-0.1, -0.05) is 31.2 Å². The van der Waals surface area contributed by atoms with Crippen molar-refractivity contribution >= 4 is 11.7 Å². The molecule has 7 nitrogen and oxygen atoms in total. The smallest absolute Gasteiger partial charge is 0.227 e. The molecule has 1 aromatic heterocycles. The van der Waals surface area contributed by atoms with Gasteiger partial charge in [0, 0.05) is 38.7 Å². The van der Waals surface area contributed by atoms with Crippen molar-refractivity contribution in [3.63, 3.8) is 0 Å². The average molecular weight is 365 g/mol. The van der Waals surface area contributed by atoms with E-state index in [1.54, 1.807) is 12.1 Å². The molecule has 1 unspecified atom stereocenters. The molecular formula is C20H23N5O2. The van der Waals surface area contributed by atoms with Crippen LogP contribution in [0.15, 0.2) is 36.4 Å². The second kappa shape index (κ2) is 8.60. The summed E-state index contributed by atoms with van der Waals surface area (Å²) in [6.07, 6.45) is 0.379. The first kappa shape index (κ1) is 18.8. The fourth-order valence-corrected chi connectivity index (χ4v) is 3.09. The second-order valence-corrected chi connectivity index (χ2v) is 6.76. The van der Waals surface area contributed by atoms with E-state index in [0.717, 1.165) is 16.9 Å². The number of carbonyl (C=O) groups is 1. The number of nitrogens with zero attached hydrogens (tertiary/aromatic N) is 5. The number of aliphatic hydroxyl groups excluding tert-OH is 1. The maximum Gasteiger partial charge on any atom is 0.227 e. The zero-order chi connectivity index (χ0) is 19.2. The zero-order valence-corrected chi connectivity index (χ0v) is 15.4. The normalized spacial score (nSPS) is 15.3. The number of aliphatic hydroxyl groups is 1. The maximum atomic E-state index is 12.6. The molecule has 1 saturated heterocycles. The Morgan fingerprint density at radius 3 is 2.41 bits per heavy atom. The predicted octanol–water partition coefficient (Wildman–Crippen LogP) is 1.34. The number of benzene rings is 1. The zero-order valence-electron chi connectivity index (χ0n) is 15.4. The quantitative estimate of drug-likeness (QED) is 0.859. The SMILES string of the molecule is CC(CO)c1ccc(CC(=O)N2CCN(c3ccc(C#N)nn3)CC2)cc1. The molecule has 0 aliphatic carbocycles. The largest absolute Gasteiger partial charge is 0.396 e. The summed E-state index contributed by atoms with van der Waals surface area (Å²) >= 11 is 0. The van der Waals surface area contributed by atoms with Gasteiger partial charge in [0.25, 0.3) is 0 Å². The minimum atomic E-state index is 0.105. The Bertz CT molecular complexity index is 806. The molecule has 1 aromatic carbocycles.